The first-order valence-corrected chi connectivity index (χ1v) is 40.9. The van der Waals surface area contributed by atoms with Gasteiger partial charge in [-0.3, -0.25) is 65.0 Å². The average molecular weight is 1650 g/mol. The number of nitrogens with two attached hydrogens (primary N) is 2. The van der Waals surface area contributed by atoms with E-state index in [2.05, 4.69) is 75.4 Å². The van der Waals surface area contributed by atoms with Crippen LogP contribution in [0.1, 0.15) is 66.3 Å². The number of anilines is 2. The molecule has 4 aromatic heterocycles. The highest BCUT2D eigenvalue weighted by Crippen LogP contribution is 2.63. The summed E-state index contributed by atoms with van der Waals surface area (Å²) in [6, 6.07) is 0. The van der Waals surface area contributed by atoms with E-state index in [4.69, 9.17) is 39.0 Å². The minimum atomic E-state index is -5.56. The molecule has 0 aliphatic carbocycles. The maximum atomic E-state index is 12.6. The number of fused-ring (bicyclic) bond motifs is 2. The Bertz CT molecular complexity index is 3980. The number of aromatic nitrogens is 8. The Hall–Kier alpha value is -5.14. The molecule has 20 N–H and O–H groups in total. The number of hydrogen-bond acceptors (Lipinski definition) is 36. The van der Waals surface area contributed by atoms with Gasteiger partial charge in [0.25, 0.3) is 0 Å². The van der Waals surface area contributed by atoms with Crippen molar-refractivity contribution in [2.45, 2.75) is 115 Å². The monoisotopic (exact) mass is 1640 g/mol. The van der Waals surface area contributed by atoms with Crippen LogP contribution < -0.4 is 32.7 Å². The number of carbonyl (C=O) groups is 6. The third kappa shape index (κ3) is 27.8. The van der Waals surface area contributed by atoms with E-state index < -0.39 is 169 Å². The first kappa shape index (κ1) is 89.5. The maximum absolute atomic E-state index is 12.6. The maximum Gasteiger partial charge on any atom is 0.481 e. The van der Waals surface area contributed by atoms with Crippen molar-refractivity contribution < 1.29 is 161 Å². The fraction of sp³-hybridized carbons (Fsp3) is 0.625. The summed E-state index contributed by atoms with van der Waals surface area (Å²) >= 11 is 2.02. The van der Waals surface area contributed by atoms with Gasteiger partial charge in [-0.05, 0) is 6.08 Å². The molecule has 2 fully saturated rings. The quantitative estimate of drug-likeness (QED) is 0.0129. The second-order valence-electron chi connectivity index (χ2n) is 23.1. The number of imidazole rings is 2. The van der Waals surface area contributed by atoms with Crippen LogP contribution in [0.5, 0.6) is 0 Å². The molecule has 4 aromatic rings. The third-order valence-electron chi connectivity index (χ3n) is 14.0. The molecule has 14 atom stereocenters. The number of nitrogens with one attached hydrogen (secondary N) is 4. The summed E-state index contributed by atoms with van der Waals surface area (Å²) in [4.78, 5) is 173. The standard InChI is InChI=1S/C24H40N7O17P3S.C24H38N7O17P3S/c2*1-4-15(33)52-8-7-26-14(32)5-6-27-22(36)19(35)24(2,3)10-45-51(42,43)48-50(40,41)44-9-13-18(47-49(37,38)39)17(34)23(46-13)31-12-30-16-20(25)28-11-29-21(16)31/h11-13,17-19,23,34-35H,4-10H2,1-3H3,(H,26,32)(H,27,36)(H,40,41)(H,42,43)(H2,25,28,29)(H2,37,38,39);4,11-13,17-19,23,34-35H,1,5-10H2,2-3H3,(H,26,32)(H,27,36)(H,40,41)(H,42,43)(H2,25,28,29)(H2,37,38,39)/t2*13-,17-,18-,19?,23-/m11/s1. The number of rotatable bonds is 40. The molecular weight excluding hydrogens is 1570 g/mol. The number of phosphoric ester groups is 6. The van der Waals surface area contributed by atoms with E-state index in [0.29, 0.717) is 17.9 Å². The van der Waals surface area contributed by atoms with Gasteiger partial charge in [0.05, 0.1) is 39.1 Å². The van der Waals surface area contributed by atoms with Crippen molar-refractivity contribution in [2.24, 2.45) is 10.8 Å². The van der Waals surface area contributed by atoms with E-state index in [-0.39, 0.29) is 83.2 Å². The van der Waals surface area contributed by atoms with Gasteiger partial charge in [0, 0.05) is 67.8 Å². The van der Waals surface area contributed by atoms with Crippen LogP contribution in [-0.4, -0.2) is 245 Å². The normalized spacial score (nSPS) is 22.4. The summed E-state index contributed by atoms with van der Waals surface area (Å²) in [5, 5.41) is 52.1. The van der Waals surface area contributed by atoms with Crippen LogP contribution in [0.2, 0.25) is 0 Å². The minimum Gasteiger partial charge on any atom is -0.386 e. The van der Waals surface area contributed by atoms with Crippen molar-refractivity contribution in [3.63, 3.8) is 0 Å². The van der Waals surface area contributed by atoms with Crippen LogP contribution in [0.15, 0.2) is 38.0 Å². The van der Waals surface area contributed by atoms with Gasteiger partial charge in [0.2, 0.25) is 28.7 Å². The molecule has 104 heavy (non-hydrogen) atoms. The van der Waals surface area contributed by atoms with Crippen molar-refractivity contribution in [1.82, 2.24) is 60.3 Å². The number of nitrogen functional groups attached to an aromatic ring is 2. The molecule has 4 amide bonds. The summed E-state index contributed by atoms with van der Waals surface area (Å²) in [7, 11) is -32.7. The molecule has 2 saturated heterocycles. The lowest BCUT2D eigenvalue weighted by Crippen LogP contribution is -2.46. The van der Waals surface area contributed by atoms with Gasteiger partial charge in [-0.15, -0.1) is 0 Å². The van der Waals surface area contributed by atoms with Crippen LogP contribution in [0.3, 0.4) is 0 Å². The Morgan fingerprint density at radius 2 is 0.952 bits per heavy atom. The lowest BCUT2D eigenvalue weighted by Gasteiger charge is -2.30. The summed E-state index contributed by atoms with van der Waals surface area (Å²) in [6.07, 6.45) is -12.3. The lowest BCUT2D eigenvalue weighted by molar-refractivity contribution is -0.137. The number of nitrogens with zero attached hydrogens (tertiary/aromatic N) is 8. The fourth-order valence-corrected chi connectivity index (χ4v) is 15.6. The number of thioether (sulfide) groups is 2. The number of ether oxygens (including phenoxy) is 2. The second-order valence-corrected chi connectivity index (χ2v) is 33.8. The highest BCUT2D eigenvalue weighted by atomic mass is 32.2. The molecule has 6 heterocycles. The van der Waals surface area contributed by atoms with Gasteiger partial charge in [0.1, 0.15) is 72.5 Å². The predicted molar refractivity (Wildman–Crippen MR) is 355 cm³/mol. The minimum absolute atomic E-state index is 0.0221. The Kier molecular flexibility index (Phi) is 32.9. The van der Waals surface area contributed by atoms with Gasteiger partial charge in [-0.2, -0.15) is 8.62 Å². The zero-order valence-corrected chi connectivity index (χ0v) is 62.1. The largest absolute Gasteiger partial charge is 0.481 e. The highest BCUT2D eigenvalue weighted by Gasteiger charge is 2.52. The molecule has 48 nitrogen and oxygen atoms in total. The molecule has 0 bridgehead atoms. The van der Waals surface area contributed by atoms with Gasteiger partial charge >= 0.3 is 46.9 Å². The summed E-state index contributed by atoms with van der Waals surface area (Å²) in [5.74, 6) is -2.24. The first-order valence-electron chi connectivity index (χ1n) is 29.8. The number of carbonyl (C=O) groups excluding carboxylic acids is 6. The van der Waals surface area contributed by atoms with Crippen molar-refractivity contribution in [2.75, 3.05) is 75.6 Å². The fourth-order valence-electron chi connectivity index (χ4n) is 8.74. The lowest BCUT2D eigenvalue weighted by atomic mass is 9.87. The van der Waals surface area contributed by atoms with E-state index in [1.807, 2.05) is 0 Å². The molecule has 0 radical (unpaired) electrons. The molecule has 0 spiro atoms. The van der Waals surface area contributed by atoms with Gasteiger partial charge in [-0.1, -0.05) is 64.7 Å². The van der Waals surface area contributed by atoms with Crippen molar-refractivity contribution in [1.29, 1.82) is 0 Å². The highest BCUT2D eigenvalue weighted by molar-refractivity contribution is 8.14. The van der Waals surface area contributed by atoms with Crippen LogP contribution in [0.4, 0.5) is 11.6 Å². The van der Waals surface area contributed by atoms with Gasteiger partial charge < -0.3 is 102 Å². The van der Waals surface area contributed by atoms with E-state index in [0.717, 1.165) is 64.0 Å². The molecule has 2 aliphatic heterocycles. The van der Waals surface area contributed by atoms with Crippen LogP contribution in [0.25, 0.3) is 22.3 Å². The van der Waals surface area contributed by atoms with Gasteiger partial charge in [0.15, 0.2) is 40.5 Å². The second kappa shape index (κ2) is 38.3. The van der Waals surface area contributed by atoms with Crippen molar-refractivity contribution in [3.8, 4) is 0 Å². The zero-order chi connectivity index (χ0) is 78.1. The van der Waals surface area contributed by atoms with Crippen LogP contribution in [0, 0.1) is 10.8 Å². The number of phosphoric acid groups is 6. The number of aliphatic hydroxyl groups excluding tert-OH is 4. The number of hydrogen-bond donors (Lipinski definition) is 18. The predicted octanol–water partition coefficient (Wildman–Crippen LogP) is -2.07. The Morgan fingerprint density at radius 1 is 0.587 bits per heavy atom. The SMILES string of the molecule is C=CC(=O)SCCNC(=O)CCNC(=O)C(O)C(C)(C)COP(=O)(O)OP(=O)(O)OC[C@H]1O[C@@H](n2cnc3c(N)ncnc32)[C@H](O)[C@@H]1OP(=O)(O)O.CCC(=O)SCCNC(=O)CCNC(=O)C(O)C(C)(C)COP(=O)(O)OP(=O)(O)OC[C@H]1O[C@@H](n2cnc3c(N)ncnc32)[C@H](O)[C@@H]1OP(=O)(O)O. The molecule has 2 aliphatic rings. The zero-order valence-electron chi connectivity index (χ0n) is 55.1. The molecular formula is C48H78N14O34P6S2. The summed E-state index contributed by atoms with van der Waals surface area (Å²) in [6.45, 7) is 6.01. The van der Waals surface area contributed by atoms with Gasteiger partial charge in [-0.25, -0.2) is 57.3 Å². The van der Waals surface area contributed by atoms with E-state index in [1.165, 1.54) is 27.7 Å². The Morgan fingerprint density at radius 3 is 1.31 bits per heavy atom. The molecule has 0 aromatic carbocycles. The topological polar surface area (TPSA) is 727 Å². The van der Waals surface area contributed by atoms with E-state index in [9.17, 15) is 116 Å². The number of amides is 4. The summed E-state index contributed by atoms with van der Waals surface area (Å²) < 4.78 is 124. The van der Waals surface area contributed by atoms with Crippen molar-refractivity contribution >= 4 is 138 Å². The number of aliphatic hydroxyl groups is 4. The molecule has 6 unspecified atom stereocenters. The molecule has 56 heteroatoms. The molecule has 0 saturated carbocycles. The van der Waals surface area contributed by atoms with Crippen LogP contribution in [-0.2, 0) is 101 Å². The summed E-state index contributed by atoms with van der Waals surface area (Å²) in [5.41, 5.74) is 8.51. The molecule has 6 rings (SSSR count). The van der Waals surface area contributed by atoms with E-state index >= 15 is 0 Å². The third-order valence-corrected chi connectivity index (χ3v) is 22.0. The van der Waals surface area contributed by atoms with Crippen molar-refractivity contribution in [3.05, 3.63) is 38.0 Å². The molecule has 586 valence electrons. The average Bonchev–Trinajstić information content (AvgIpc) is 1.62. The smallest absolute Gasteiger partial charge is 0.386 e. The van der Waals surface area contributed by atoms with E-state index in [1.54, 1.807) is 6.92 Å². The Balaban J connectivity index is 0.000000374. The van der Waals surface area contributed by atoms with Crippen LogP contribution >= 0.6 is 70.5 Å². The first-order chi connectivity index (χ1) is 48.1. The Labute approximate surface area is 596 Å².